The number of rotatable bonds is 4. The molecular weight excluding hydrogens is 364 g/mol. The molecule has 1 saturated heterocycles. The maximum absolute atomic E-state index is 4.60. The molecule has 3 aromatic heterocycles. The lowest BCUT2D eigenvalue weighted by molar-refractivity contribution is 0.483. The van der Waals surface area contributed by atoms with Crippen LogP contribution in [0.5, 0.6) is 0 Å². The highest BCUT2D eigenvalue weighted by Crippen LogP contribution is 2.28. The summed E-state index contributed by atoms with van der Waals surface area (Å²) in [6.45, 7) is 1.88. The van der Waals surface area contributed by atoms with E-state index in [0.717, 1.165) is 54.3 Å². The molecule has 0 saturated carbocycles. The van der Waals surface area contributed by atoms with Crippen molar-refractivity contribution >= 4 is 22.7 Å². The lowest BCUT2D eigenvalue weighted by Gasteiger charge is -2.38. The highest BCUT2D eigenvalue weighted by atomic mass is 15.3. The van der Waals surface area contributed by atoms with E-state index in [1.54, 1.807) is 12.5 Å². The Morgan fingerprint density at radius 2 is 1.97 bits per heavy atom. The molecule has 1 atom stereocenters. The van der Waals surface area contributed by atoms with Gasteiger partial charge in [-0.2, -0.15) is 10.2 Å². The Balaban J connectivity index is 1.45. The molecule has 146 valence electrons. The van der Waals surface area contributed by atoms with Crippen molar-refractivity contribution in [3.63, 3.8) is 0 Å². The highest BCUT2D eigenvalue weighted by molar-refractivity contribution is 5.87. The zero-order chi connectivity index (χ0) is 19.6. The summed E-state index contributed by atoms with van der Waals surface area (Å²) in [6.07, 6.45) is 7.39. The van der Waals surface area contributed by atoms with E-state index in [9.17, 15) is 0 Å². The lowest BCUT2D eigenvalue weighted by atomic mass is 10.0. The minimum absolute atomic E-state index is 0.323. The van der Waals surface area contributed by atoms with Gasteiger partial charge in [-0.3, -0.25) is 0 Å². The maximum atomic E-state index is 4.60. The zero-order valence-corrected chi connectivity index (χ0v) is 16.3. The second-order valence-electron chi connectivity index (χ2n) is 7.26. The molecule has 1 aromatic carbocycles. The smallest absolute Gasteiger partial charge is 0.168 e. The van der Waals surface area contributed by atoms with Crippen LogP contribution in [0.25, 0.3) is 16.7 Å². The minimum atomic E-state index is 0.323. The third-order valence-corrected chi connectivity index (χ3v) is 5.51. The van der Waals surface area contributed by atoms with Crippen LogP contribution in [0.1, 0.15) is 12.8 Å². The standard InChI is InChI=1S/C21H22N8/c1-27(17-9-6-12-28(14-17)19-10-5-11-24-26-19)20-18-13-25-29(21(18)23-15-22-20)16-7-3-2-4-8-16/h2-5,7-8,10-11,13,15,17H,6,9,12,14H2,1H3. The number of fused-ring (bicyclic) bond motifs is 1. The molecule has 0 bridgehead atoms. The minimum Gasteiger partial charge on any atom is -0.354 e. The number of para-hydroxylation sites is 1. The van der Waals surface area contributed by atoms with E-state index in [1.165, 1.54) is 0 Å². The molecule has 29 heavy (non-hydrogen) atoms. The van der Waals surface area contributed by atoms with Crippen LogP contribution < -0.4 is 9.80 Å². The van der Waals surface area contributed by atoms with Gasteiger partial charge < -0.3 is 9.80 Å². The number of nitrogens with zero attached hydrogens (tertiary/aromatic N) is 8. The average Bonchev–Trinajstić information content (AvgIpc) is 3.24. The largest absolute Gasteiger partial charge is 0.354 e. The van der Waals surface area contributed by atoms with E-state index in [4.69, 9.17) is 0 Å². The molecule has 0 amide bonds. The predicted octanol–water partition coefficient (Wildman–Crippen LogP) is 2.71. The normalized spacial score (nSPS) is 16.9. The monoisotopic (exact) mass is 386 g/mol. The Kier molecular flexibility index (Phi) is 4.51. The third kappa shape index (κ3) is 3.26. The van der Waals surface area contributed by atoms with E-state index in [2.05, 4.69) is 42.1 Å². The molecule has 8 nitrogen and oxygen atoms in total. The summed E-state index contributed by atoms with van der Waals surface area (Å²) in [5.74, 6) is 1.83. The predicted molar refractivity (Wildman–Crippen MR) is 112 cm³/mol. The van der Waals surface area contributed by atoms with Crippen molar-refractivity contribution in [2.24, 2.45) is 0 Å². The number of benzene rings is 1. The zero-order valence-electron chi connectivity index (χ0n) is 16.3. The summed E-state index contributed by atoms with van der Waals surface area (Å²) in [4.78, 5) is 13.7. The molecule has 0 spiro atoms. The summed E-state index contributed by atoms with van der Waals surface area (Å²) in [7, 11) is 2.10. The van der Waals surface area contributed by atoms with Crippen molar-refractivity contribution in [3.8, 4) is 5.69 Å². The van der Waals surface area contributed by atoms with Crippen LogP contribution in [0, 0.1) is 0 Å². The van der Waals surface area contributed by atoms with Gasteiger partial charge in [0.15, 0.2) is 11.5 Å². The number of aromatic nitrogens is 6. The molecule has 5 rings (SSSR count). The fourth-order valence-corrected chi connectivity index (χ4v) is 3.98. The lowest BCUT2D eigenvalue weighted by Crippen LogP contribution is -2.47. The molecule has 4 aromatic rings. The highest BCUT2D eigenvalue weighted by Gasteiger charge is 2.26. The van der Waals surface area contributed by atoms with Gasteiger partial charge in [-0.15, -0.1) is 5.10 Å². The van der Waals surface area contributed by atoms with Crippen molar-refractivity contribution in [2.75, 3.05) is 29.9 Å². The summed E-state index contributed by atoms with van der Waals surface area (Å²) in [6, 6.07) is 14.3. The van der Waals surface area contributed by atoms with Gasteiger partial charge >= 0.3 is 0 Å². The summed E-state index contributed by atoms with van der Waals surface area (Å²) < 4.78 is 1.86. The van der Waals surface area contributed by atoms with E-state index in [-0.39, 0.29) is 0 Å². The first-order valence-electron chi connectivity index (χ1n) is 9.81. The van der Waals surface area contributed by atoms with E-state index in [0.29, 0.717) is 6.04 Å². The molecule has 1 unspecified atom stereocenters. The fourth-order valence-electron chi connectivity index (χ4n) is 3.98. The van der Waals surface area contributed by atoms with Crippen molar-refractivity contribution in [3.05, 3.63) is 61.2 Å². The summed E-state index contributed by atoms with van der Waals surface area (Å²) >= 11 is 0. The number of anilines is 2. The molecule has 1 aliphatic heterocycles. The van der Waals surface area contributed by atoms with Gasteiger partial charge in [0.2, 0.25) is 0 Å². The van der Waals surface area contributed by atoms with E-state index >= 15 is 0 Å². The van der Waals surface area contributed by atoms with Crippen molar-refractivity contribution < 1.29 is 0 Å². The van der Waals surface area contributed by atoms with Gasteiger partial charge in [0.25, 0.3) is 0 Å². The van der Waals surface area contributed by atoms with Crippen LogP contribution in [-0.2, 0) is 0 Å². The van der Waals surface area contributed by atoms with Crippen LogP contribution in [0.4, 0.5) is 11.6 Å². The molecule has 0 N–H and O–H groups in total. The molecule has 1 aliphatic rings. The fraction of sp³-hybridized carbons (Fsp3) is 0.286. The van der Waals surface area contributed by atoms with Gasteiger partial charge in [0.1, 0.15) is 12.1 Å². The van der Waals surface area contributed by atoms with Crippen LogP contribution in [-0.4, -0.2) is 56.1 Å². The number of hydrogen-bond donors (Lipinski definition) is 0. The van der Waals surface area contributed by atoms with E-state index < -0.39 is 0 Å². The van der Waals surface area contributed by atoms with Crippen LogP contribution in [0.3, 0.4) is 0 Å². The summed E-state index contributed by atoms with van der Waals surface area (Å²) in [5, 5.41) is 13.8. The van der Waals surface area contributed by atoms with Crippen LogP contribution in [0.15, 0.2) is 61.2 Å². The molecule has 8 heteroatoms. The average molecular weight is 386 g/mol. The number of piperidine rings is 1. The molecule has 0 aliphatic carbocycles. The van der Waals surface area contributed by atoms with Gasteiger partial charge in [-0.05, 0) is 37.1 Å². The molecule has 1 fully saturated rings. The molecule has 4 heterocycles. The topological polar surface area (TPSA) is 75.9 Å². The Morgan fingerprint density at radius 3 is 2.79 bits per heavy atom. The Hall–Kier alpha value is -3.55. The molecule has 0 radical (unpaired) electrons. The van der Waals surface area contributed by atoms with Gasteiger partial charge in [-0.25, -0.2) is 14.6 Å². The van der Waals surface area contributed by atoms with Crippen molar-refractivity contribution in [1.82, 2.24) is 29.9 Å². The number of likely N-dealkylation sites (N-methyl/N-ethyl adjacent to an activating group) is 1. The first kappa shape index (κ1) is 17.5. The molecular formula is C21H22N8. The Labute approximate surface area is 168 Å². The Morgan fingerprint density at radius 1 is 1.07 bits per heavy atom. The second-order valence-corrected chi connectivity index (χ2v) is 7.26. The van der Waals surface area contributed by atoms with Gasteiger partial charge in [0.05, 0.1) is 17.3 Å². The second kappa shape index (κ2) is 7.46. The van der Waals surface area contributed by atoms with Crippen molar-refractivity contribution in [2.45, 2.75) is 18.9 Å². The first-order valence-corrected chi connectivity index (χ1v) is 9.81. The number of hydrogen-bond acceptors (Lipinski definition) is 7. The summed E-state index contributed by atoms with van der Waals surface area (Å²) in [5.41, 5.74) is 1.80. The third-order valence-electron chi connectivity index (χ3n) is 5.51. The van der Waals surface area contributed by atoms with Crippen LogP contribution >= 0.6 is 0 Å². The maximum Gasteiger partial charge on any atom is 0.168 e. The van der Waals surface area contributed by atoms with Gasteiger partial charge in [-0.1, -0.05) is 18.2 Å². The quantitative estimate of drug-likeness (QED) is 0.534. The Bertz CT molecular complexity index is 1100. The van der Waals surface area contributed by atoms with E-state index in [1.807, 2.05) is 53.3 Å². The van der Waals surface area contributed by atoms with Crippen molar-refractivity contribution in [1.29, 1.82) is 0 Å². The van der Waals surface area contributed by atoms with Gasteiger partial charge in [0, 0.05) is 32.4 Å². The first-order chi connectivity index (χ1) is 14.3. The van der Waals surface area contributed by atoms with Crippen LogP contribution in [0.2, 0.25) is 0 Å². The SMILES string of the molecule is CN(c1ncnc2c1cnn2-c1ccccc1)C1CCCN(c2cccnn2)C1.